The molecule has 1 amide bonds. The molecular formula is C16H17NO5S2. The molecule has 1 aromatic carbocycles. The number of rotatable bonds is 6. The Morgan fingerprint density at radius 2 is 2.04 bits per heavy atom. The Morgan fingerprint density at radius 1 is 1.38 bits per heavy atom. The van der Waals surface area contributed by atoms with Crippen molar-refractivity contribution in [2.75, 3.05) is 14.2 Å². The lowest BCUT2D eigenvalue weighted by Gasteiger charge is -2.21. The lowest BCUT2D eigenvalue weighted by Crippen LogP contribution is -2.43. The molecular weight excluding hydrogens is 350 g/mol. The average molecular weight is 367 g/mol. The van der Waals surface area contributed by atoms with Crippen molar-refractivity contribution in [3.63, 3.8) is 0 Å². The molecule has 0 bridgehead atoms. The van der Waals surface area contributed by atoms with Gasteiger partial charge in [-0.05, 0) is 30.2 Å². The third-order valence-corrected chi connectivity index (χ3v) is 4.84. The molecule has 1 atom stereocenters. The summed E-state index contributed by atoms with van der Waals surface area (Å²) in [5, 5.41) is 9.26. The summed E-state index contributed by atoms with van der Waals surface area (Å²) in [5.74, 6) is -0.340. The summed E-state index contributed by atoms with van der Waals surface area (Å²) >= 11 is 6.27. The highest BCUT2D eigenvalue weighted by atomic mass is 32.2. The molecule has 0 saturated carbocycles. The van der Waals surface area contributed by atoms with Gasteiger partial charge in [-0.2, -0.15) is 0 Å². The third kappa shape index (κ3) is 3.54. The van der Waals surface area contributed by atoms with E-state index in [2.05, 4.69) is 0 Å². The minimum atomic E-state index is -1.07. The molecule has 1 N–H and O–H groups in total. The van der Waals surface area contributed by atoms with E-state index in [1.807, 2.05) is 0 Å². The van der Waals surface area contributed by atoms with Crippen molar-refractivity contribution >= 4 is 46.3 Å². The summed E-state index contributed by atoms with van der Waals surface area (Å²) in [5.41, 5.74) is 0.733. The number of thiocarbonyl (C=S) groups is 1. The Kier molecular flexibility index (Phi) is 5.84. The lowest BCUT2D eigenvalue weighted by molar-refractivity contribution is -0.145. The first-order valence-electron chi connectivity index (χ1n) is 7.14. The standard InChI is InChI=1S/C16H17NO5S2/c1-4-10(15(19)20)17-14(18)13(24-16(17)23)8-9-5-6-11(21-2)12(7-9)22-3/h5-8,10H,4H2,1-3H3,(H,19,20)/b13-8-. The second-order valence-corrected chi connectivity index (χ2v) is 6.60. The van der Waals surface area contributed by atoms with Gasteiger partial charge in [-0.15, -0.1) is 0 Å². The first-order chi connectivity index (χ1) is 11.4. The molecule has 0 spiro atoms. The summed E-state index contributed by atoms with van der Waals surface area (Å²) in [4.78, 5) is 25.4. The van der Waals surface area contributed by atoms with Crippen LogP contribution in [-0.4, -0.2) is 46.5 Å². The van der Waals surface area contributed by atoms with Gasteiger partial charge in [0.1, 0.15) is 10.4 Å². The van der Waals surface area contributed by atoms with Crippen molar-refractivity contribution in [1.29, 1.82) is 0 Å². The van der Waals surface area contributed by atoms with Gasteiger partial charge < -0.3 is 14.6 Å². The van der Waals surface area contributed by atoms with Gasteiger partial charge >= 0.3 is 5.97 Å². The summed E-state index contributed by atoms with van der Waals surface area (Å²) < 4.78 is 10.7. The maximum Gasteiger partial charge on any atom is 0.326 e. The summed E-state index contributed by atoms with van der Waals surface area (Å²) in [6, 6.07) is 4.30. The number of hydrogen-bond donors (Lipinski definition) is 1. The summed E-state index contributed by atoms with van der Waals surface area (Å²) in [6.45, 7) is 1.70. The highest BCUT2D eigenvalue weighted by Gasteiger charge is 2.39. The van der Waals surface area contributed by atoms with E-state index in [4.69, 9.17) is 21.7 Å². The first-order valence-corrected chi connectivity index (χ1v) is 8.37. The Morgan fingerprint density at radius 3 is 2.58 bits per heavy atom. The van der Waals surface area contributed by atoms with Crippen LogP contribution in [0.1, 0.15) is 18.9 Å². The molecule has 1 fully saturated rings. The fourth-order valence-corrected chi connectivity index (χ4v) is 3.67. The van der Waals surface area contributed by atoms with Crippen LogP contribution in [0.15, 0.2) is 23.1 Å². The lowest BCUT2D eigenvalue weighted by atomic mass is 10.1. The number of benzene rings is 1. The molecule has 1 aliphatic heterocycles. The van der Waals surface area contributed by atoms with Crippen molar-refractivity contribution in [1.82, 2.24) is 4.90 Å². The van der Waals surface area contributed by atoms with Crippen LogP contribution in [0.4, 0.5) is 0 Å². The maximum absolute atomic E-state index is 12.5. The highest BCUT2D eigenvalue weighted by Crippen LogP contribution is 2.36. The maximum atomic E-state index is 12.5. The van der Waals surface area contributed by atoms with E-state index >= 15 is 0 Å². The molecule has 128 valence electrons. The molecule has 0 aliphatic carbocycles. The average Bonchev–Trinajstić information content (AvgIpc) is 2.83. The number of nitrogens with zero attached hydrogens (tertiary/aromatic N) is 1. The molecule has 1 aromatic rings. The molecule has 1 saturated heterocycles. The van der Waals surface area contributed by atoms with E-state index in [-0.39, 0.29) is 10.7 Å². The molecule has 0 radical (unpaired) electrons. The quantitative estimate of drug-likeness (QED) is 0.612. The highest BCUT2D eigenvalue weighted by molar-refractivity contribution is 8.26. The number of aliphatic carboxylic acids is 1. The van der Waals surface area contributed by atoms with Crippen molar-refractivity contribution in [3.8, 4) is 11.5 Å². The number of ether oxygens (including phenoxy) is 2. The Labute approximate surface area is 149 Å². The predicted molar refractivity (Wildman–Crippen MR) is 96.3 cm³/mol. The zero-order valence-corrected chi connectivity index (χ0v) is 15.1. The van der Waals surface area contributed by atoms with E-state index in [1.165, 1.54) is 7.11 Å². The topological polar surface area (TPSA) is 76.1 Å². The fraction of sp³-hybridized carbons (Fsp3) is 0.312. The van der Waals surface area contributed by atoms with Crippen LogP contribution in [0.5, 0.6) is 11.5 Å². The zero-order valence-electron chi connectivity index (χ0n) is 13.4. The van der Waals surface area contributed by atoms with Crippen molar-refractivity contribution in [2.24, 2.45) is 0 Å². The molecule has 1 aliphatic rings. The Balaban J connectivity index is 2.33. The van der Waals surface area contributed by atoms with E-state index in [1.54, 1.807) is 38.3 Å². The summed E-state index contributed by atoms with van der Waals surface area (Å²) in [7, 11) is 3.07. The van der Waals surface area contributed by atoms with Gasteiger partial charge in [0.15, 0.2) is 11.5 Å². The van der Waals surface area contributed by atoms with E-state index < -0.39 is 17.9 Å². The van der Waals surface area contributed by atoms with Crippen LogP contribution in [0.2, 0.25) is 0 Å². The van der Waals surface area contributed by atoms with Crippen LogP contribution >= 0.6 is 24.0 Å². The second-order valence-electron chi connectivity index (χ2n) is 4.93. The monoisotopic (exact) mass is 367 g/mol. The molecule has 1 unspecified atom stereocenters. The van der Waals surface area contributed by atoms with Gasteiger partial charge in [0.25, 0.3) is 5.91 Å². The normalized spacial score (nSPS) is 17.3. The predicted octanol–water partition coefficient (Wildman–Crippen LogP) is 2.77. The molecule has 0 aromatic heterocycles. The van der Waals surface area contributed by atoms with Gasteiger partial charge in [-0.3, -0.25) is 9.69 Å². The van der Waals surface area contributed by atoms with Crippen molar-refractivity contribution < 1.29 is 24.2 Å². The number of methoxy groups -OCH3 is 2. The third-order valence-electron chi connectivity index (χ3n) is 3.51. The first kappa shape index (κ1) is 18.3. The van der Waals surface area contributed by atoms with Crippen LogP contribution < -0.4 is 9.47 Å². The number of carboxylic acids is 1. The second kappa shape index (κ2) is 7.67. The minimum absolute atomic E-state index is 0.251. The zero-order chi connectivity index (χ0) is 17.9. The SMILES string of the molecule is CCC(C(=O)O)N1C(=O)/C(=C/c2ccc(OC)c(OC)c2)SC1=S. The summed E-state index contributed by atoms with van der Waals surface area (Å²) in [6.07, 6.45) is 1.95. The van der Waals surface area contributed by atoms with Gasteiger partial charge in [-0.25, -0.2) is 4.79 Å². The van der Waals surface area contributed by atoms with Crippen molar-refractivity contribution in [2.45, 2.75) is 19.4 Å². The van der Waals surface area contributed by atoms with Crippen molar-refractivity contribution in [3.05, 3.63) is 28.7 Å². The molecule has 6 nitrogen and oxygen atoms in total. The largest absolute Gasteiger partial charge is 0.493 e. The molecule has 24 heavy (non-hydrogen) atoms. The smallest absolute Gasteiger partial charge is 0.326 e. The van der Waals surface area contributed by atoms with Gasteiger partial charge in [-0.1, -0.05) is 37.0 Å². The number of carbonyl (C=O) groups excluding carboxylic acids is 1. The van der Waals surface area contributed by atoms with Crippen LogP contribution in [0.25, 0.3) is 6.08 Å². The number of carbonyl (C=O) groups is 2. The van der Waals surface area contributed by atoms with E-state index in [0.29, 0.717) is 16.4 Å². The van der Waals surface area contributed by atoms with E-state index in [0.717, 1.165) is 22.2 Å². The fourth-order valence-electron chi connectivity index (χ4n) is 2.31. The Bertz CT molecular complexity index is 716. The van der Waals surface area contributed by atoms with Crippen LogP contribution in [-0.2, 0) is 9.59 Å². The Hall–Kier alpha value is -2.06. The number of amides is 1. The molecule has 8 heteroatoms. The number of carboxylic acid groups (broad SMARTS) is 1. The van der Waals surface area contributed by atoms with E-state index in [9.17, 15) is 14.7 Å². The van der Waals surface area contributed by atoms with Gasteiger partial charge in [0.05, 0.1) is 19.1 Å². The van der Waals surface area contributed by atoms with Crippen LogP contribution in [0.3, 0.4) is 0 Å². The number of hydrogen-bond acceptors (Lipinski definition) is 6. The molecule has 2 rings (SSSR count). The number of thioether (sulfide) groups is 1. The van der Waals surface area contributed by atoms with Gasteiger partial charge in [0.2, 0.25) is 0 Å². The van der Waals surface area contributed by atoms with Crippen LogP contribution in [0, 0.1) is 0 Å². The van der Waals surface area contributed by atoms with Gasteiger partial charge in [0, 0.05) is 0 Å². The minimum Gasteiger partial charge on any atom is -0.493 e. The molecule has 1 heterocycles.